The van der Waals surface area contributed by atoms with Crippen LogP contribution in [0, 0.1) is 11.8 Å². The maximum absolute atomic E-state index is 12.1. The first-order valence-corrected chi connectivity index (χ1v) is 9.79. The molecule has 1 aliphatic heterocycles. The number of hydrogen-bond acceptors (Lipinski definition) is 6. The van der Waals surface area contributed by atoms with Crippen LogP contribution >= 0.6 is 0 Å². The van der Waals surface area contributed by atoms with Gasteiger partial charge in [-0.15, -0.1) is 0 Å². The van der Waals surface area contributed by atoms with Crippen LogP contribution in [0.4, 0.5) is 0 Å². The Morgan fingerprint density at radius 3 is 2.90 bits per heavy atom. The van der Waals surface area contributed by atoms with Crippen LogP contribution in [0.3, 0.4) is 0 Å². The molecule has 8 nitrogen and oxygen atoms in total. The quantitative estimate of drug-likeness (QED) is 0.692. The van der Waals surface area contributed by atoms with Crippen LogP contribution in [0.2, 0.25) is 0 Å². The van der Waals surface area contributed by atoms with Crippen LogP contribution in [0.25, 0.3) is 11.4 Å². The smallest absolute Gasteiger partial charge is 0.269 e. The predicted octanol–water partition coefficient (Wildman–Crippen LogP) is 1.24. The highest BCUT2D eigenvalue weighted by Crippen LogP contribution is 2.34. The number of benzene rings is 1. The number of rotatable bonds is 6. The Morgan fingerprint density at radius 1 is 1.47 bits per heavy atom. The molecule has 1 amide bonds. The van der Waals surface area contributed by atoms with E-state index < -0.39 is 11.5 Å². The van der Waals surface area contributed by atoms with Gasteiger partial charge < -0.3 is 24.9 Å². The van der Waals surface area contributed by atoms with Gasteiger partial charge in [0.15, 0.2) is 5.69 Å². The first-order valence-electron chi connectivity index (χ1n) is 9.79. The summed E-state index contributed by atoms with van der Waals surface area (Å²) in [5.41, 5.74) is 7.02. The number of aromatic nitrogens is 2. The summed E-state index contributed by atoms with van der Waals surface area (Å²) in [5.74, 6) is 6.52. The van der Waals surface area contributed by atoms with Crippen molar-refractivity contribution in [3.8, 4) is 29.0 Å². The second-order valence-corrected chi connectivity index (χ2v) is 7.85. The van der Waals surface area contributed by atoms with E-state index in [0.29, 0.717) is 44.4 Å². The maximum atomic E-state index is 12.1. The van der Waals surface area contributed by atoms with Crippen LogP contribution in [-0.4, -0.2) is 65.0 Å². The lowest BCUT2D eigenvalue weighted by molar-refractivity contribution is 0.0993. The van der Waals surface area contributed by atoms with Gasteiger partial charge in [0.2, 0.25) is 0 Å². The van der Waals surface area contributed by atoms with Crippen molar-refractivity contribution < 1.29 is 19.4 Å². The average molecular weight is 412 g/mol. The Labute approximate surface area is 176 Å². The third-order valence-electron chi connectivity index (χ3n) is 4.71. The number of primary amides is 1. The number of carbonyl (C=O) groups excluding carboxylic acids is 1. The Bertz CT molecular complexity index is 995. The largest absolute Gasteiger partial charge is 0.491 e. The van der Waals surface area contributed by atoms with E-state index in [2.05, 4.69) is 21.7 Å². The van der Waals surface area contributed by atoms with Gasteiger partial charge in [0.05, 0.1) is 24.4 Å². The molecule has 1 aromatic carbocycles. The number of ether oxygens (including phenoxy) is 2. The molecule has 160 valence electrons. The van der Waals surface area contributed by atoms with Gasteiger partial charge in [-0.2, -0.15) is 0 Å². The molecule has 3 N–H and O–H groups in total. The van der Waals surface area contributed by atoms with Gasteiger partial charge >= 0.3 is 0 Å². The number of methoxy groups -OCH3 is 1. The van der Waals surface area contributed by atoms with E-state index >= 15 is 0 Å². The van der Waals surface area contributed by atoms with E-state index in [1.807, 2.05) is 29.8 Å². The second kappa shape index (κ2) is 8.88. The summed E-state index contributed by atoms with van der Waals surface area (Å²) in [6.45, 7) is 6.04. The molecular weight excluding hydrogens is 384 g/mol. The van der Waals surface area contributed by atoms with E-state index in [9.17, 15) is 9.90 Å². The van der Waals surface area contributed by atoms with E-state index in [1.165, 1.54) is 0 Å². The monoisotopic (exact) mass is 412 g/mol. The fourth-order valence-corrected chi connectivity index (χ4v) is 3.25. The van der Waals surface area contributed by atoms with Crippen molar-refractivity contribution in [1.82, 2.24) is 14.5 Å². The third kappa shape index (κ3) is 5.00. The normalized spacial score (nSPS) is 13.0. The zero-order valence-electron chi connectivity index (χ0n) is 17.9. The van der Waals surface area contributed by atoms with Gasteiger partial charge in [-0.3, -0.25) is 9.69 Å². The van der Waals surface area contributed by atoms with E-state index in [0.717, 1.165) is 16.8 Å². The fraction of sp³-hybridized carbons (Fsp3) is 0.455. The van der Waals surface area contributed by atoms with Gasteiger partial charge in [0.25, 0.3) is 5.91 Å². The molecular formula is C22H28N4O4. The number of aliphatic hydroxyl groups is 1. The minimum absolute atomic E-state index is 0.259. The molecule has 0 radical (unpaired) electrons. The van der Waals surface area contributed by atoms with Crippen LogP contribution in [0.15, 0.2) is 18.2 Å². The number of nitrogens with zero attached hydrogens (tertiary/aromatic N) is 3. The molecule has 2 aromatic rings. The van der Waals surface area contributed by atoms with Crippen LogP contribution in [0.5, 0.6) is 5.75 Å². The summed E-state index contributed by atoms with van der Waals surface area (Å²) in [4.78, 5) is 18.8. The van der Waals surface area contributed by atoms with Gasteiger partial charge in [-0.1, -0.05) is 11.8 Å². The molecule has 8 heteroatoms. The van der Waals surface area contributed by atoms with Crippen molar-refractivity contribution in [3.63, 3.8) is 0 Å². The van der Waals surface area contributed by atoms with Gasteiger partial charge in [-0.05, 0) is 39.1 Å². The summed E-state index contributed by atoms with van der Waals surface area (Å²) < 4.78 is 13.0. The SMILES string of the molecule is COCCN(C)Cc1c(C(N)=O)nc2n1CCOc1ccc(C#CC(C)(C)O)cc1-2. The molecule has 1 aromatic heterocycles. The number of nitrogens with two attached hydrogens (primary N) is 1. The number of hydrogen-bond donors (Lipinski definition) is 2. The number of likely N-dealkylation sites (N-methyl/N-ethyl adjacent to an activating group) is 1. The topological polar surface area (TPSA) is 103 Å². The number of amides is 1. The molecule has 0 atom stereocenters. The minimum Gasteiger partial charge on any atom is -0.491 e. The molecule has 0 saturated heterocycles. The second-order valence-electron chi connectivity index (χ2n) is 7.85. The summed E-state index contributed by atoms with van der Waals surface area (Å²) in [6.07, 6.45) is 0. The fourth-order valence-electron chi connectivity index (χ4n) is 3.25. The standard InChI is InChI=1S/C22H28N4O4/c1-22(2,28)8-7-15-5-6-18-16(13-15)21-24-19(20(23)27)17(26(21)10-12-30-18)14-25(3)9-11-29-4/h5-6,13,28H,9-12,14H2,1-4H3,(H2,23,27). The number of carbonyl (C=O) groups is 1. The lowest BCUT2D eigenvalue weighted by Gasteiger charge is -2.18. The zero-order valence-corrected chi connectivity index (χ0v) is 17.9. The first-order chi connectivity index (χ1) is 14.2. The summed E-state index contributed by atoms with van der Waals surface area (Å²) in [6, 6.07) is 5.54. The van der Waals surface area contributed by atoms with E-state index in [4.69, 9.17) is 15.2 Å². The van der Waals surface area contributed by atoms with Gasteiger partial charge in [0.1, 0.15) is 23.8 Å². The van der Waals surface area contributed by atoms with Crippen molar-refractivity contribution >= 4 is 5.91 Å². The molecule has 2 heterocycles. The highest BCUT2D eigenvalue weighted by molar-refractivity contribution is 5.93. The lowest BCUT2D eigenvalue weighted by Crippen LogP contribution is -2.26. The Hall–Kier alpha value is -2.86. The molecule has 0 aliphatic carbocycles. The van der Waals surface area contributed by atoms with Crippen molar-refractivity contribution in [3.05, 3.63) is 35.2 Å². The lowest BCUT2D eigenvalue weighted by atomic mass is 10.1. The van der Waals surface area contributed by atoms with Crippen LogP contribution in [-0.2, 0) is 17.8 Å². The Morgan fingerprint density at radius 2 is 2.23 bits per heavy atom. The Balaban J connectivity index is 2.07. The van der Waals surface area contributed by atoms with E-state index in [1.54, 1.807) is 21.0 Å². The number of fused-ring (bicyclic) bond motifs is 3. The summed E-state index contributed by atoms with van der Waals surface area (Å²) in [7, 11) is 3.61. The molecule has 1 aliphatic rings. The minimum atomic E-state index is -1.10. The predicted molar refractivity (Wildman–Crippen MR) is 113 cm³/mol. The van der Waals surface area contributed by atoms with Gasteiger partial charge in [-0.25, -0.2) is 4.98 Å². The van der Waals surface area contributed by atoms with Crippen molar-refractivity contribution in [2.75, 3.05) is 33.9 Å². The molecule has 3 rings (SSSR count). The molecule has 0 unspecified atom stereocenters. The zero-order chi connectivity index (χ0) is 21.9. The van der Waals surface area contributed by atoms with E-state index in [-0.39, 0.29) is 5.69 Å². The number of imidazole rings is 1. The van der Waals surface area contributed by atoms with Crippen molar-refractivity contribution in [2.24, 2.45) is 5.73 Å². The highest BCUT2D eigenvalue weighted by atomic mass is 16.5. The Kier molecular flexibility index (Phi) is 6.46. The third-order valence-corrected chi connectivity index (χ3v) is 4.71. The summed E-state index contributed by atoms with van der Waals surface area (Å²) in [5, 5.41) is 9.89. The molecule has 0 spiro atoms. The molecule has 0 fully saturated rings. The molecule has 30 heavy (non-hydrogen) atoms. The van der Waals surface area contributed by atoms with Crippen LogP contribution in [0.1, 0.15) is 35.6 Å². The highest BCUT2D eigenvalue weighted by Gasteiger charge is 2.26. The van der Waals surface area contributed by atoms with Gasteiger partial charge in [0, 0.05) is 25.8 Å². The summed E-state index contributed by atoms with van der Waals surface area (Å²) >= 11 is 0. The van der Waals surface area contributed by atoms with Crippen LogP contribution < -0.4 is 10.5 Å². The molecule has 0 bridgehead atoms. The molecule has 0 saturated carbocycles. The average Bonchev–Trinajstić information content (AvgIpc) is 2.93. The van der Waals surface area contributed by atoms with Crippen molar-refractivity contribution in [2.45, 2.75) is 32.5 Å². The maximum Gasteiger partial charge on any atom is 0.269 e. The van der Waals surface area contributed by atoms with Crippen molar-refractivity contribution in [1.29, 1.82) is 0 Å². The first kappa shape index (κ1) is 21.8.